The lowest BCUT2D eigenvalue weighted by Crippen LogP contribution is -2.06. The molecule has 0 atom stereocenters. The van der Waals surface area contributed by atoms with Crippen molar-refractivity contribution in [1.29, 1.82) is 5.26 Å². The fraction of sp³-hybridized carbons (Fsp3) is 0. The Morgan fingerprint density at radius 1 is 0.227 bits per heavy atom. The van der Waals surface area contributed by atoms with E-state index >= 15 is 0 Å². The second-order valence-electron chi connectivity index (χ2n) is 21.6. The minimum atomic E-state index is 0.451. The smallest absolute Gasteiger partial charge is 0.164 e. The molecule has 5 aromatic heterocycles. The molecule has 0 unspecified atom stereocenters. The van der Waals surface area contributed by atoms with Crippen LogP contribution >= 0.6 is 0 Å². The molecule has 10 heteroatoms. The summed E-state index contributed by atoms with van der Waals surface area (Å²) in [6.45, 7) is 0. The summed E-state index contributed by atoms with van der Waals surface area (Å²) in [6, 6.07) is 102. The van der Waals surface area contributed by atoms with Crippen LogP contribution in [0.25, 0.3) is 157 Å². The van der Waals surface area contributed by atoms with Crippen molar-refractivity contribution in [2.75, 3.05) is 0 Å². The molecule has 0 aliphatic heterocycles. The van der Waals surface area contributed by atoms with E-state index in [0.29, 0.717) is 51.9 Å². The summed E-state index contributed by atoms with van der Waals surface area (Å²) in [5.74, 6) is 3.29. The van der Waals surface area contributed by atoms with Crippen LogP contribution in [0.2, 0.25) is 0 Å². The third-order valence-electron chi connectivity index (χ3n) is 16.3. The lowest BCUT2D eigenvalue weighted by Gasteiger charge is -2.19. The number of fused-ring (bicyclic) bond motifs is 6. The summed E-state index contributed by atoms with van der Waals surface area (Å²) >= 11 is 0. The van der Waals surface area contributed by atoms with Gasteiger partial charge in [-0.05, 0) is 65.7 Å². The second kappa shape index (κ2) is 21.7. The van der Waals surface area contributed by atoms with Crippen molar-refractivity contribution in [2.24, 2.45) is 0 Å². The molecule has 5 heterocycles. The van der Waals surface area contributed by atoms with Gasteiger partial charge in [0.25, 0.3) is 0 Å². The molecule has 0 radical (unpaired) electrons. The Morgan fingerprint density at radius 3 is 0.977 bits per heavy atom. The SMILES string of the molecule is N#Cc1c(-n2c3ccccc3c3ccc(-c4nc(-c5ccccc5)nc(-c5ccccc5)n4)cc32)cc(-c2cccc(-c3cccc(-c4ccccc4)c3)n2)cc1-n1c2ccccc2c2ccc(-c3nc(-c4ccccc4)nc(-c4ccccc4)n3)cc21. The zero-order valence-corrected chi connectivity index (χ0v) is 47.2. The normalized spacial score (nSPS) is 11.4. The molecule has 0 N–H and O–H groups in total. The van der Waals surface area contributed by atoms with E-state index in [1.165, 1.54) is 0 Å². The Hall–Kier alpha value is -12.3. The lowest BCUT2D eigenvalue weighted by molar-refractivity contribution is 1.07. The van der Waals surface area contributed by atoms with Gasteiger partial charge in [-0.1, -0.05) is 237 Å². The fourth-order valence-electron chi connectivity index (χ4n) is 12.1. The molecule has 88 heavy (non-hydrogen) atoms. The molecule has 0 bridgehead atoms. The first kappa shape index (κ1) is 51.3. The number of pyridine rings is 1. The Morgan fingerprint density at radius 2 is 0.557 bits per heavy atom. The minimum absolute atomic E-state index is 0.451. The van der Waals surface area contributed by atoms with E-state index < -0.39 is 0 Å². The van der Waals surface area contributed by atoms with Gasteiger partial charge in [0.1, 0.15) is 11.6 Å². The molecular weight excluding hydrogens is 1080 g/mol. The van der Waals surface area contributed by atoms with E-state index in [9.17, 15) is 5.26 Å². The Kier molecular flexibility index (Phi) is 12.7. The molecule has 0 aliphatic rings. The van der Waals surface area contributed by atoms with E-state index in [4.69, 9.17) is 34.9 Å². The zero-order chi connectivity index (χ0) is 58.5. The van der Waals surface area contributed by atoms with Crippen molar-refractivity contribution in [2.45, 2.75) is 0 Å². The van der Waals surface area contributed by atoms with Gasteiger partial charge in [0.15, 0.2) is 34.9 Å². The average molecular weight is 1130 g/mol. The highest BCUT2D eigenvalue weighted by Crippen LogP contribution is 2.42. The van der Waals surface area contributed by atoms with E-state index in [2.05, 4.69) is 179 Å². The van der Waals surface area contributed by atoms with Gasteiger partial charge in [-0.3, -0.25) is 0 Å². The Balaban J connectivity index is 0.956. The van der Waals surface area contributed by atoms with Crippen LogP contribution in [0, 0.1) is 11.3 Å². The molecule has 10 nitrogen and oxygen atoms in total. The Bertz CT molecular complexity index is 5010. The molecule has 0 amide bonds. The molecule has 0 fully saturated rings. The van der Waals surface area contributed by atoms with Crippen molar-refractivity contribution in [1.82, 2.24) is 44.0 Å². The third-order valence-corrected chi connectivity index (χ3v) is 16.3. The number of hydrogen-bond donors (Lipinski definition) is 0. The monoisotopic (exact) mass is 1120 g/mol. The number of para-hydroxylation sites is 2. The Labute approximate surface area is 506 Å². The predicted octanol–water partition coefficient (Wildman–Crippen LogP) is 18.5. The van der Waals surface area contributed by atoms with Crippen LogP contribution in [-0.2, 0) is 0 Å². The molecule has 410 valence electrons. The second-order valence-corrected chi connectivity index (χ2v) is 21.6. The molecule has 0 saturated carbocycles. The van der Waals surface area contributed by atoms with Crippen molar-refractivity contribution in [3.05, 3.63) is 297 Å². The number of rotatable bonds is 11. The molecule has 11 aromatic carbocycles. The van der Waals surface area contributed by atoms with Crippen molar-refractivity contribution < 1.29 is 0 Å². The van der Waals surface area contributed by atoms with Gasteiger partial charge in [-0.25, -0.2) is 34.9 Å². The van der Waals surface area contributed by atoms with Gasteiger partial charge in [-0.2, -0.15) is 5.26 Å². The van der Waals surface area contributed by atoms with E-state index in [0.717, 1.165) is 111 Å². The number of nitrogens with zero attached hydrogens (tertiary/aromatic N) is 10. The van der Waals surface area contributed by atoms with Crippen LogP contribution in [0.1, 0.15) is 5.56 Å². The lowest BCUT2D eigenvalue weighted by atomic mass is 10.00. The van der Waals surface area contributed by atoms with Gasteiger partial charge < -0.3 is 9.13 Å². The summed E-state index contributed by atoms with van der Waals surface area (Å²) in [4.78, 5) is 36.2. The van der Waals surface area contributed by atoms with Crippen LogP contribution in [0.15, 0.2) is 291 Å². The molecule has 16 aromatic rings. The highest BCUT2D eigenvalue weighted by Gasteiger charge is 2.25. The summed E-state index contributed by atoms with van der Waals surface area (Å²) in [5.41, 5.74) is 16.0. The predicted molar refractivity (Wildman–Crippen MR) is 353 cm³/mol. The largest absolute Gasteiger partial charge is 0.308 e. The van der Waals surface area contributed by atoms with E-state index in [1.807, 2.05) is 127 Å². The van der Waals surface area contributed by atoms with Crippen LogP contribution in [0.5, 0.6) is 0 Å². The minimum Gasteiger partial charge on any atom is -0.308 e. The summed E-state index contributed by atoms with van der Waals surface area (Å²) in [5, 5.41) is 16.2. The molecular formula is C78H48N10. The highest BCUT2D eigenvalue weighted by molar-refractivity contribution is 6.12. The first-order valence-corrected chi connectivity index (χ1v) is 29.1. The molecule has 0 spiro atoms. The maximum Gasteiger partial charge on any atom is 0.164 e. The molecule has 16 rings (SSSR count). The van der Waals surface area contributed by atoms with E-state index in [-0.39, 0.29) is 0 Å². The van der Waals surface area contributed by atoms with Crippen LogP contribution < -0.4 is 0 Å². The van der Waals surface area contributed by atoms with Gasteiger partial charge >= 0.3 is 0 Å². The van der Waals surface area contributed by atoms with Gasteiger partial charge in [-0.15, -0.1) is 0 Å². The average Bonchev–Trinajstić information content (AvgIpc) is 1.73. The third kappa shape index (κ3) is 9.20. The number of aromatic nitrogens is 9. The van der Waals surface area contributed by atoms with Crippen LogP contribution in [-0.4, -0.2) is 44.0 Å². The van der Waals surface area contributed by atoms with Gasteiger partial charge in [0, 0.05) is 66.1 Å². The number of nitriles is 1. The van der Waals surface area contributed by atoms with Gasteiger partial charge in [0.05, 0.1) is 44.8 Å². The summed E-state index contributed by atoms with van der Waals surface area (Å²) in [7, 11) is 0. The highest BCUT2D eigenvalue weighted by atomic mass is 15.1. The molecule has 0 aliphatic carbocycles. The number of hydrogen-bond acceptors (Lipinski definition) is 8. The zero-order valence-electron chi connectivity index (χ0n) is 47.2. The maximum absolute atomic E-state index is 12.1. The standard InChI is InChI=1S/C78H48N10/c79-49-64-71(87-67-38-18-16-34-60(67)62-42-40-57(45-69(62)87)77-83-73(51-24-8-2-9-25-51)81-74(84-77)52-26-10-3-11-27-52)47-59(66-37-21-36-65(80-66)56-33-20-32-55(44-56)50-22-6-1-7-23-50)48-72(64)88-68-39-19-17-35-61(68)63-43-41-58(46-70(63)88)78-85-75(53-28-12-4-13-29-53)82-76(86-78)54-30-14-5-15-31-54/h1-48H. The van der Waals surface area contributed by atoms with Crippen molar-refractivity contribution in [3.63, 3.8) is 0 Å². The maximum atomic E-state index is 12.1. The number of benzene rings is 11. The van der Waals surface area contributed by atoms with Crippen molar-refractivity contribution in [3.8, 4) is 119 Å². The first-order valence-electron chi connectivity index (χ1n) is 29.1. The van der Waals surface area contributed by atoms with E-state index in [1.54, 1.807) is 0 Å². The summed E-state index contributed by atoms with van der Waals surface area (Å²) in [6.07, 6.45) is 0. The first-order chi connectivity index (χ1) is 43.6. The van der Waals surface area contributed by atoms with Gasteiger partial charge in [0.2, 0.25) is 0 Å². The topological polar surface area (TPSA) is 124 Å². The quantitative estimate of drug-likeness (QED) is 0.125. The van der Waals surface area contributed by atoms with Crippen LogP contribution in [0.3, 0.4) is 0 Å². The molecule has 0 saturated heterocycles. The van der Waals surface area contributed by atoms with Crippen LogP contribution in [0.4, 0.5) is 0 Å². The van der Waals surface area contributed by atoms with Crippen molar-refractivity contribution >= 4 is 43.6 Å². The fourth-order valence-corrected chi connectivity index (χ4v) is 12.1. The summed E-state index contributed by atoms with van der Waals surface area (Å²) < 4.78 is 4.45.